The van der Waals surface area contributed by atoms with Crippen molar-refractivity contribution in [3.63, 3.8) is 0 Å². The molecule has 3 rings (SSSR count). The van der Waals surface area contributed by atoms with Gasteiger partial charge in [-0.2, -0.15) is 0 Å². The summed E-state index contributed by atoms with van der Waals surface area (Å²) in [6.45, 7) is 0. The van der Waals surface area contributed by atoms with Gasteiger partial charge in [0.25, 0.3) is 11.5 Å². The first-order valence-electron chi connectivity index (χ1n) is 6.82. The van der Waals surface area contributed by atoms with Crippen molar-refractivity contribution in [2.24, 2.45) is 0 Å². The van der Waals surface area contributed by atoms with Crippen LogP contribution >= 0.6 is 0 Å². The minimum Gasteiger partial charge on any atom is -0.292 e. The monoisotopic (exact) mass is 287 g/mol. The summed E-state index contributed by atoms with van der Waals surface area (Å²) < 4.78 is 12.8. The first-order chi connectivity index (χ1) is 10.1. The van der Waals surface area contributed by atoms with Gasteiger partial charge in [0.2, 0.25) is 5.95 Å². The van der Waals surface area contributed by atoms with Crippen molar-refractivity contribution in [1.82, 2.24) is 9.97 Å². The maximum Gasteiger partial charge on any atom is 0.257 e. The van der Waals surface area contributed by atoms with Crippen LogP contribution in [0.2, 0.25) is 0 Å². The van der Waals surface area contributed by atoms with Gasteiger partial charge in [-0.15, -0.1) is 0 Å². The van der Waals surface area contributed by atoms with E-state index in [9.17, 15) is 14.0 Å². The maximum absolute atomic E-state index is 12.8. The normalized spacial score (nSPS) is 13.6. The van der Waals surface area contributed by atoms with E-state index in [1.807, 2.05) is 0 Å². The van der Waals surface area contributed by atoms with Crippen LogP contribution in [0.3, 0.4) is 0 Å². The topological polar surface area (TPSA) is 74.8 Å². The first-order valence-corrected chi connectivity index (χ1v) is 6.82. The Morgan fingerprint density at radius 1 is 1.19 bits per heavy atom. The van der Waals surface area contributed by atoms with Crippen LogP contribution in [-0.2, 0) is 12.8 Å². The number of carbonyl (C=O) groups excluding carboxylic acids is 1. The number of benzene rings is 1. The molecule has 21 heavy (non-hydrogen) atoms. The number of amides is 1. The van der Waals surface area contributed by atoms with Crippen molar-refractivity contribution in [1.29, 1.82) is 0 Å². The number of halogens is 1. The van der Waals surface area contributed by atoms with E-state index in [4.69, 9.17) is 0 Å². The molecule has 2 N–H and O–H groups in total. The largest absolute Gasteiger partial charge is 0.292 e. The minimum atomic E-state index is -0.436. The van der Waals surface area contributed by atoms with E-state index in [-0.39, 0.29) is 11.5 Å². The van der Waals surface area contributed by atoms with Gasteiger partial charge in [-0.05, 0) is 49.9 Å². The van der Waals surface area contributed by atoms with Gasteiger partial charge in [0.05, 0.1) is 5.69 Å². The highest BCUT2D eigenvalue weighted by molar-refractivity contribution is 6.03. The van der Waals surface area contributed by atoms with Gasteiger partial charge in [-0.25, -0.2) is 9.37 Å². The highest BCUT2D eigenvalue weighted by Gasteiger charge is 2.16. The Bertz CT molecular complexity index is 738. The van der Waals surface area contributed by atoms with E-state index < -0.39 is 11.7 Å². The van der Waals surface area contributed by atoms with Crippen LogP contribution in [0, 0.1) is 5.82 Å². The average Bonchev–Trinajstić information content (AvgIpc) is 2.48. The number of H-pyrrole nitrogens is 1. The Labute approximate surface area is 120 Å². The van der Waals surface area contributed by atoms with E-state index in [1.165, 1.54) is 24.3 Å². The fourth-order valence-corrected chi connectivity index (χ4v) is 2.44. The molecule has 1 heterocycles. The summed E-state index contributed by atoms with van der Waals surface area (Å²) >= 11 is 0. The molecule has 0 aliphatic heterocycles. The van der Waals surface area contributed by atoms with Crippen LogP contribution in [0.15, 0.2) is 29.1 Å². The average molecular weight is 287 g/mol. The number of aromatic nitrogens is 2. The van der Waals surface area contributed by atoms with E-state index in [2.05, 4.69) is 15.3 Å². The number of fused-ring (bicyclic) bond motifs is 1. The molecule has 1 amide bonds. The molecule has 2 aromatic rings. The predicted octanol–water partition coefficient (Wildman–Crippen LogP) is 2.04. The lowest BCUT2D eigenvalue weighted by Gasteiger charge is -2.14. The molecule has 0 saturated heterocycles. The van der Waals surface area contributed by atoms with Crippen LogP contribution < -0.4 is 10.9 Å². The van der Waals surface area contributed by atoms with E-state index in [1.54, 1.807) is 0 Å². The summed E-state index contributed by atoms with van der Waals surface area (Å²) in [5.41, 5.74) is 1.56. The van der Waals surface area contributed by atoms with Gasteiger partial charge >= 0.3 is 0 Å². The zero-order chi connectivity index (χ0) is 14.8. The molecule has 1 aromatic carbocycles. The fraction of sp³-hybridized carbons (Fsp3) is 0.267. The van der Waals surface area contributed by atoms with Gasteiger partial charge in [0, 0.05) is 11.1 Å². The Morgan fingerprint density at radius 3 is 2.67 bits per heavy atom. The molecule has 0 unspecified atom stereocenters. The molecule has 0 atom stereocenters. The SMILES string of the molecule is O=C(Nc1nc2c(c(=O)[nH]1)CCCC2)c1ccc(F)cc1. The third-order valence-electron chi connectivity index (χ3n) is 3.53. The summed E-state index contributed by atoms with van der Waals surface area (Å²) in [4.78, 5) is 30.8. The summed E-state index contributed by atoms with van der Waals surface area (Å²) in [5.74, 6) is -0.712. The van der Waals surface area contributed by atoms with Crippen molar-refractivity contribution in [2.45, 2.75) is 25.7 Å². The molecule has 0 bridgehead atoms. The van der Waals surface area contributed by atoms with Crippen molar-refractivity contribution < 1.29 is 9.18 Å². The Balaban J connectivity index is 1.85. The number of hydrogen-bond donors (Lipinski definition) is 2. The molecule has 1 aromatic heterocycles. The Hall–Kier alpha value is -2.50. The Morgan fingerprint density at radius 2 is 1.90 bits per heavy atom. The molecule has 0 saturated carbocycles. The van der Waals surface area contributed by atoms with E-state index >= 15 is 0 Å². The number of nitrogens with one attached hydrogen (secondary N) is 2. The number of aryl methyl sites for hydroxylation is 1. The molecular weight excluding hydrogens is 273 g/mol. The smallest absolute Gasteiger partial charge is 0.257 e. The lowest BCUT2D eigenvalue weighted by molar-refractivity contribution is 0.102. The molecule has 0 radical (unpaired) electrons. The van der Waals surface area contributed by atoms with Gasteiger partial charge < -0.3 is 0 Å². The lowest BCUT2D eigenvalue weighted by Crippen LogP contribution is -2.24. The molecule has 1 aliphatic rings. The molecule has 0 spiro atoms. The number of anilines is 1. The number of aromatic amines is 1. The molecule has 108 valence electrons. The van der Waals surface area contributed by atoms with Crippen molar-refractivity contribution in [3.05, 3.63) is 57.3 Å². The third kappa shape index (κ3) is 2.84. The van der Waals surface area contributed by atoms with Crippen LogP contribution in [0.25, 0.3) is 0 Å². The standard InChI is InChI=1S/C15H14FN3O2/c16-10-7-5-9(6-8-10)13(20)18-15-17-12-4-2-1-3-11(12)14(21)19-15/h5-8H,1-4H2,(H2,17,18,19,20,21). The van der Waals surface area contributed by atoms with E-state index in [0.29, 0.717) is 11.1 Å². The zero-order valence-corrected chi connectivity index (χ0v) is 11.3. The minimum absolute atomic E-state index is 0.134. The number of carbonyl (C=O) groups is 1. The Kier molecular flexibility index (Phi) is 3.51. The summed E-state index contributed by atoms with van der Waals surface area (Å²) in [7, 11) is 0. The zero-order valence-electron chi connectivity index (χ0n) is 11.3. The van der Waals surface area contributed by atoms with Gasteiger partial charge in [-0.3, -0.25) is 19.9 Å². The molecule has 5 nitrogen and oxygen atoms in total. The molecule has 6 heteroatoms. The molecule has 1 aliphatic carbocycles. The van der Waals surface area contributed by atoms with Crippen molar-refractivity contribution in [2.75, 3.05) is 5.32 Å². The maximum atomic E-state index is 12.8. The van der Waals surface area contributed by atoms with Gasteiger partial charge in [0.15, 0.2) is 0 Å². The second-order valence-corrected chi connectivity index (χ2v) is 5.01. The van der Waals surface area contributed by atoms with Crippen molar-refractivity contribution in [3.8, 4) is 0 Å². The molecular formula is C15H14FN3O2. The molecule has 0 fully saturated rings. The second kappa shape index (κ2) is 5.47. The van der Waals surface area contributed by atoms with Crippen LogP contribution in [-0.4, -0.2) is 15.9 Å². The highest BCUT2D eigenvalue weighted by atomic mass is 19.1. The van der Waals surface area contributed by atoms with Crippen LogP contribution in [0.1, 0.15) is 34.5 Å². The van der Waals surface area contributed by atoms with Gasteiger partial charge in [0.1, 0.15) is 5.82 Å². The fourth-order valence-electron chi connectivity index (χ4n) is 2.44. The highest BCUT2D eigenvalue weighted by Crippen LogP contribution is 2.17. The summed E-state index contributed by atoms with van der Waals surface area (Å²) in [6.07, 6.45) is 3.45. The second-order valence-electron chi connectivity index (χ2n) is 5.01. The first kappa shape index (κ1) is 13.5. The van der Waals surface area contributed by atoms with E-state index in [0.717, 1.165) is 31.4 Å². The van der Waals surface area contributed by atoms with Crippen LogP contribution in [0.4, 0.5) is 10.3 Å². The summed E-state index contributed by atoms with van der Waals surface area (Å²) in [5, 5.41) is 2.54. The van der Waals surface area contributed by atoms with Gasteiger partial charge in [-0.1, -0.05) is 0 Å². The summed E-state index contributed by atoms with van der Waals surface area (Å²) in [6, 6.07) is 5.16. The number of hydrogen-bond acceptors (Lipinski definition) is 3. The lowest BCUT2D eigenvalue weighted by atomic mass is 9.97. The number of nitrogens with zero attached hydrogens (tertiary/aromatic N) is 1. The third-order valence-corrected chi connectivity index (χ3v) is 3.53. The number of rotatable bonds is 2. The van der Waals surface area contributed by atoms with Crippen LogP contribution in [0.5, 0.6) is 0 Å². The van der Waals surface area contributed by atoms with Crippen molar-refractivity contribution >= 4 is 11.9 Å². The quantitative estimate of drug-likeness (QED) is 0.887. The predicted molar refractivity (Wildman–Crippen MR) is 75.9 cm³/mol.